The van der Waals surface area contributed by atoms with Gasteiger partial charge in [0.05, 0.1) is 23.3 Å². The minimum Gasteiger partial charge on any atom is -0.486 e. The molecule has 0 aliphatic heterocycles. The van der Waals surface area contributed by atoms with Crippen molar-refractivity contribution >= 4 is 0 Å². The molecule has 2 rings (SSSR count). The molecule has 0 saturated heterocycles. The molecule has 2 heterocycles. The zero-order valence-corrected chi connectivity index (χ0v) is 12.6. The lowest BCUT2D eigenvalue weighted by molar-refractivity contribution is 0.293. The van der Waals surface area contributed by atoms with Crippen LogP contribution in [0, 0.1) is 6.92 Å². The summed E-state index contributed by atoms with van der Waals surface area (Å²) in [6.45, 7) is 7.49. The van der Waals surface area contributed by atoms with Gasteiger partial charge in [-0.25, -0.2) is 0 Å². The Morgan fingerprint density at radius 1 is 1.35 bits per heavy atom. The van der Waals surface area contributed by atoms with E-state index in [1.807, 2.05) is 36.9 Å². The highest BCUT2D eigenvalue weighted by atomic mass is 16.5. The smallest absolute Gasteiger partial charge is 0.138 e. The summed E-state index contributed by atoms with van der Waals surface area (Å²) in [6, 6.07) is 6.42. The van der Waals surface area contributed by atoms with Gasteiger partial charge in [-0.05, 0) is 25.1 Å². The van der Waals surface area contributed by atoms with E-state index in [0.29, 0.717) is 12.6 Å². The van der Waals surface area contributed by atoms with Crippen molar-refractivity contribution < 1.29 is 4.74 Å². The van der Waals surface area contributed by atoms with E-state index in [1.54, 1.807) is 6.20 Å². The van der Waals surface area contributed by atoms with E-state index in [4.69, 9.17) is 4.74 Å². The summed E-state index contributed by atoms with van der Waals surface area (Å²) in [5.74, 6) is 0.775. The maximum absolute atomic E-state index is 5.72. The fourth-order valence-electron chi connectivity index (χ4n) is 1.87. The fraction of sp³-hybridized carbons (Fsp3) is 0.467. The molecule has 0 aliphatic rings. The lowest BCUT2D eigenvalue weighted by Gasteiger charge is -2.09. The Bertz CT molecular complexity index is 546. The molecule has 0 unspecified atom stereocenters. The van der Waals surface area contributed by atoms with Crippen molar-refractivity contribution in [3.63, 3.8) is 0 Å². The van der Waals surface area contributed by atoms with E-state index < -0.39 is 0 Å². The molecule has 2 aromatic rings. The van der Waals surface area contributed by atoms with Crippen molar-refractivity contribution in [2.75, 3.05) is 0 Å². The average molecular weight is 274 g/mol. The number of hydrogen-bond donors (Lipinski definition) is 1. The lowest BCUT2D eigenvalue weighted by Crippen LogP contribution is -2.22. The first kappa shape index (κ1) is 14.5. The predicted octanol–water partition coefficient (Wildman–Crippen LogP) is 2.20. The van der Waals surface area contributed by atoms with Gasteiger partial charge >= 0.3 is 0 Å². The summed E-state index contributed by atoms with van der Waals surface area (Å²) in [5.41, 5.74) is 3.06. The van der Waals surface area contributed by atoms with Crippen LogP contribution in [0.25, 0.3) is 0 Å². The summed E-state index contributed by atoms with van der Waals surface area (Å²) in [6.07, 6.45) is 1.76. The van der Waals surface area contributed by atoms with Crippen LogP contribution in [-0.4, -0.2) is 20.8 Å². The molecule has 0 amide bonds. The number of hydrogen-bond acceptors (Lipinski definition) is 4. The number of aryl methyl sites for hydroxylation is 2. The summed E-state index contributed by atoms with van der Waals surface area (Å²) in [5, 5.41) is 7.63. The van der Waals surface area contributed by atoms with Crippen LogP contribution in [0.2, 0.25) is 0 Å². The van der Waals surface area contributed by atoms with Crippen molar-refractivity contribution in [2.24, 2.45) is 7.05 Å². The van der Waals surface area contributed by atoms with Gasteiger partial charge in [-0.2, -0.15) is 5.10 Å². The Morgan fingerprint density at radius 3 is 2.70 bits per heavy atom. The van der Waals surface area contributed by atoms with Crippen LogP contribution in [0.5, 0.6) is 5.75 Å². The predicted molar refractivity (Wildman–Crippen MR) is 78.5 cm³/mol. The van der Waals surface area contributed by atoms with Crippen LogP contribution < -0.4 is 10.1 Å². The Balaban J connectivity index is 1.89. The number of nitrogens with zero attached hydrogens (tertiary/aromatic N) is 3. The largest absolute Gasteiger partial charge is 0.486 e. The second-order valence-electron chi connectivity index (χ2n) is 5.21. The quantitative estimate of drug-likeness (QED) is 0.877. The lowest BCUT2D eigenvalue weighted by atomic mass is 10.3. The molecule has 0 fully saturated rings. The topological polar surface area (TPSA) is 52.0 Å². The van der Waals surface area contributed by atoms with Crippen LogP contribution in [0.3, 0.4) is 0 Å². The number of nitrogens with one attached hydrogen (secondary N) is 1. The van der Waals surface area contributed by atoms with Crippen LogP contribution in [0.15, 0.2) is 24.4 Å². The van der Waals surface area contributed by atoms with E-state index in [-0.39, 0.29) is 0 Å². The SMILES string of the molecule is Cc1cc(COc2ccc(CNC(C)C)nc2)n(C)n1. The highest BCUT2D eigenvalue weighted by molar-refractivity contribution is 5.20. The molecule has 0 bridgehead atoms. The minimum atomic E-state index is 0.459. The van der Waals surface area contributed by atoms with Crippen molar-refractivity contribution in [3.8, 4) is 5.75 Å². The molecule has 0 aliphatic carbocycles. The average Bonchev–Trinajstić information content (AvgIpc) is 2.73. The van der Waals surface area contributed by atoms with Crippen LogP contribution in [0.1, 0.15) is 30.9 Å². The van der Waals surface area contributed by atoms with Crippen molar-refractivity contribution in [1.82, 2.24) is 20.1 Å². The molecule has 2 aromatic heterocycles. The van der Waals surface area contributed by atoms with Gasteiger partial charge in [0.2, 0.25) is 0 Å². The Hall–Kier alpha value is -1.88. The standard InChI is InChI=1S/C15H22N4O/c1-11(2)16-8-13-5-6-15(9-17-13)20-10-14-7-12(3)18-19(14)4/h5-7,9,11,16H,8,10H2,1-4H3. The molecular weight excluding hydrogens is 252 g/mol. The molecule has 0 atom stereocenters. The van der Waals surface area contributed by atoms with Gasteiger partial charge in [-0.1, -0.05) is 13.8 Å². The molecule has 1 N–H and O–H groups in total. The van der Waals surface area contributed by atoms with E-state index in [2.05, 4.69) is 29.2 Å². The van der Waals surface area contributed by atoms with Gasteiger partial charge in [0.25, 0.3) is 0 Å². The maximum atomic E-state index is 5.72. The van der Waals surface area contributed by atoms with Crippen LogP contribution in [-0.2, 0) is 20.2 Å². The summed E-state index contributed by atoms with van der Waals surface area (Å²) < 4.78 is 7.56. The first-order chi connectivity index (χ1) is 9.54. The molecule has 0 aromatic carbocycles. The second kappa shape index (κ2) is 6.52. The zero-order valence-electron chi connectivity index (χ0n) is 12.6. The first-order valence-electron chi connectivity index (χ1n) is 6.85. The third-order valence-electron chi connectivity index (χ3n) is 2.97. The summed E-state index contributed by atoms with van der Waals surface area (Å²) >= 11 is 0. The highest BCUT2D eigenvalue weighted by Crippen LogP contribution is 2.12. The van der Waals surface area contributed by atoms with Gasteiger partial charge in [-0.15, -0.1) is 0 Å². The van der Waals surface area contributed by atoms with Crippen molar-refractivity contribution in [1.29, 1.82) is 0 Å². The number of rotatable bonds is 6. The van der Waals surface area contributed by atoms with Crippen LogP contribution >= 0.6 is 0 Å². The zero-order chi connectivity index (χ0) is 14.5. The van der Waals surface area contributed by atoms with E-state index in [9.17, 15) is 0 Å². The van der Waals surface area contributed by atoms with Crippen molar-refractivity contribution in [3.05, 3.63) is 41.5 Å². The number of aromatic nitrogens is 3. The van der Waals surface area contributed by atoms with E-state index in [0.717, 1.165) is 29.4 Å². The van der Waals surface area contributed by atoms with Gasteiger partial charge in [-0.3, -0.25) is 9.67 Å². The third-order valence-corrected chi connectivity index (χ3v) is 2.97. The fourth-order valence-corrected chi connectivity index (χ4v) is 1.87. The van der Waals surface area contributed by atoms with E-state index >= 15 is 0 Å². The van der Waals surface area contributed by atoms with Gasteiger partial charge in [0.1, 0.15) is 12.4 Å². The van der Waals surface area contributed by atoms with Crippen LogP contribution in [0.4, 0.5) is 0 Å². The van der Waals surface area contributed by atoms with Gasteiger partial charge in [0, 0.05) is 19.6 Å². The molecule has 0 spiro atoms. The first-order valence-corrected chi connectivity index (χ1v) is 6.85. The molecule has 20 heavy (non-hydrogen) atoms. The second-order valence-corrected chi connectivity index (χ2v) is 5.21. The Labute approximate surface area is 120 Å². The minimum absolute atomic E-state index is 0.459. The monoisotopic (exact) mass is 274 g/mol. The Kier molecular flexibility index (Phi) is 4.74. The molecule has 108 valence electrons. The molecular formula is C15H22N4O. The normalized spacial score (nSPS) is 11.1. The molecule has 5 nitrogen and oxygen atoms in total. The highest BCUT2D eigenvalue weighted by Gasteiger charge is 2.03. The number of pyridine rings is 1. The van der Waals surface area contributed by atoms with Crippen molar-refractivity contribution in [2.45, 2.75) is 40.0 Å². The van der Waals surface area contributed by atoms with E-state index in [1.165, 1.54) is 0 Å². The molecule has 0 radical (unpaired) electrons. The third kappa shape index (κ3) is 4.06. The van der Waals surface area contributed by atoms with Gasteiger partial charge in [0.15, 0.2) is 0 Å². The Morgan fingerprint density at radius 2 is 2.15 bits per heavy atom. The summed E-state index contributed by atoms with van der Waals surface area (Å²) in [4.78, 5) is 4.38. The molecule has 5 heteroatoms. The maximum Gasteiger partial charge on any atom is 0.138 e. The number of ether oxygens (including phenoxy) is 1. The van der Waals surface area contributed by atoms with Gasteiger partial charge < -0.3 is 10.1 Å². The summed E-state index contributed by atoms with van der Waals surface area (Å²) in [7, 11) is 1.92. The molecule has 0 saturated carbocycles.